The summed E-state index contributed by atoms with van der Waals surface area (Å²) in [5, 5.41) is 0. The van der Waals surface area contributed by atoms with E-state index in [9.17, 15) is 13.6 Å². The van der Waals surface area contributed by atoms with Gasteiger partial charge in [-0.15, -0.1) is 0 Å². The van der Waals surface area contributed by atoms with Gasteiger partial charge in [-0.3, -0.25) is 4.79 Å². The lowest BCUT2D eigenvalue weighted by atomic mass is 10.1. The van der Waals surface area contributed by atoms with Gasteiger partial charge in [0.05, 0.1) is 5.56 Å². The second-order valence-electron chi connectivity index (χ2n) is 4.28. The van der Waals surface area contributed by atoms with Gasteiger partial charge in [-0.1, -0.05) is 0 Å². The highest BCUT2D eigenvalue weighted by Crippen LogP contribution is 2.23. The van der Waals surface area contributed by atoms with Crippen LogP contribution in [0.15, 0.2) is 12.1 Å². The van der Waals surface area contributed by atoms with Crippen molar-refractivity contribution >= 4 is 23.4 Å². The summed E-state index contributed by atoms with van der Waals surface area (Å²) in [6, 6.07) is 1.80. The van der Waals surface area contributed by atoms with Crippen LogP contribution >= 0.6 is 11.8 Å². The summed E-state index contributed by atoms with van der Waals surface area (Å²) >= 11 is 1.77. The quantitative estimate of drug-likeness (QED) is 0.797. The van der Waals surface area contributed by atoms with Crippen molar-refractivity contribution in [2.75, 3.05) is 23.8 Å². The molecule has 1 atom stereocenters. The number of nitrogens with zero attached hydrogens (tertiary/aromatic N) is 1. The number of carbonyl (C=O) groups excluding carboxylic acids is 1. The number of hydrogen-bond acceptors (Lipinski definition) is 3. The van der Waals surface area contributed by atoms with Gasteiger partial charge < -0.3 is 10.6 Å². The van der Waals surface area contributed by atoms with Crippen LogP contribution in [0.3, 0.4) is 0 Å². The number of amides is 1. The molecule has 1 unspecified atom stereocenters. The Hall–Kier alpha value is -1.30. The maximum absolute atomic E-state index is 13.2. The highest BCUT2D eigenvalue weighted by atomic mass is 32.2. The molecule has 2 N–H and O–H groups in total. The maximum Gasteiger partial charge on any atom is 0.256 e. The molecule has 1 aliphatic rings. The highest BCUT2D eigenvalue weighted by molar-refractivity contribution is 7.99. The number of hydrogen-bond donors (Lipinski definition) is 1. The van der Waals surface area contributed by atoms with Gasteiger partial charge >= 0.3 is 0 Å². The first-order valence-corrected chi connectivity index (χ1v) is 6.79. The van der Waals surface area contributed by atoms with E-state index in [1.165, 1.54) is 0 Å². The van der Waals surface area contributed by atoms with Gasteiger partial charge in [-0.05, 0) is 13.0 Å². The molecule has 0 spiro atoms. The van der Waals surface area contributed by atoms with Crippen LogP contribution in [0.4, 0.5) is 14.5 Å². The zero-order valence-corrected chi connectivity index (χ0v) is 10.8. The van der Waals surface area contributed by atoms with Crippen molar-refractivity contribution in [3.05, 3.63) is 29.3 Å². The van der Waals surface area contributed by atoms with E-state index in [4.69, 9.17) is 5.73 Å². The Balaban J connectivity index is 2.30. The van der Waals surface area contributed by atoms with Crippen LogP contribution in [0.2, 0.25) is 0 Å². The molecule has 1 fully saturated rings. The van der Waals surface area contributed by atoms with Crippen LogP contribution < -0.4 is 5.73 Å². The first-order chi connectivity index (χ1) is 8.50. The normalized spacial score (nSPS) is 19.9. The van der Waals surface area contributed by atoms with E-state index in [0.29, 0.717) is 6.54 Å². The largest absolute Gasteiger partial charge is 0.398 e. The third-order valence-corrected chi connectivity index (χ3v) is 4.14. The standard InChI is InChI=1S/C12H14F2N2OS/c1-7-6-18-3-2-16(7)12(17)8-4-9(13)10(14)5-11(8)15/h4-5,7H,2-3,6,15H2,1H3. The third-order valence-electron chi connectivity index (χ3n) is 2.95. The number of nitrogens with two attached hydrogens (primary N) is 1. The molecular formula is C12H14F2N2OS. The SMILES string of the molecule is CC1CSCCN1C(=O)c1cc(F)c(F)cc1N. The number of nitrogen functional groups attached to an aromatic ring is 1. The molecule has 0 aliphatic carbocycles. The van der Waals surface area contributed by atoms with Crippen LogP contribution in [0.1, 0.15) is 17.3 Å². The van der Waals surface area contributed by atoms with Crippen molar-refractivity contribution in [3.63, 3.8) is 0 Å². The lowest BCUT2D eigenvalue weighted by Gasteiger charge is -2.33. The molecule has 1 aromatic rings. The van der Waals surface area contributed by atoms with E-state index >= 15 is 0 Å². The van der Waals surface area contributed by atoms with Gasteiger partial charge in [0.2, 0.25) is 0 Å². The minimum absolute atomic E-state index is 0.0238. The Morgan fingerprint density at radius 1 is 1.44 bits per heavy atom. The van der Waals surface area contributed by atoms with Crippen LogP contribution in [0.25, 0.3) is 0 Å². The molecule has 0 aromatic heterocycles. The van der Waals surface area contributed by atoms with Gasteiger partial charge in [-0.25, -0.2) is 8.78 Å². The van der Waals surface area contributed by atoms with E-state index in [-0.39, 0.29) is 23.2 Å². The Morgan fingerprint density at radius 2 is 2.11 bits per heavy atom. The molecule has 2 rings (SSSR count). The molecule has 1 amide bonds. The second-order valence-corrected chi connectivity index (χ2v) is 5.43. The number of carbonyl (C=O) groups is 1. The Kier molecular flexibility index (Phi) is 3.75. The molecule has 98 valence electrons. The lowest BCUT2D eigenvalue weighted by molar-refractivity contribution is 0.0716. The maximum atomic E-state index is 13.2. The van der Waals surface area contributed by atoms with E-state index in [2.05, 4.69) is 0 Å². The molecule has 0 radical (unpaired) electrons. The summed E-state index contributed by atoms with van der Waals surface area (Å²) < 4.78 is 26.1. The molecule has 1 aromatic carbocycles. The van der Waals surface area contributed by atoms with Gasteiger partial charge in [0, 0.05) is 35.8 Å². The van der Waals surface area contributed by atoms with E-state index in [0.717, 1.165) is 23.6 Å². The Morgan fingerprint density at radius 3 is 2.78 bits per heavy atom. The molecule has 1 heterocycles. The predicted molar refractivity (Wildman–Crippen MR) is 68.6 cm³/mol. The lowest BCUT2D eigenvalue weighted by Crippen LogP contribution is -2.44. The average molecular weight is 272 g/mol. The minimum Gasteiger partial charge on any atom is -0.398 e. The van der Waals surface area contributed by atoms with Crippen molar-refractivity contribution in [3.8, 4) is 0 Å². The molecule has 3 nitrogen and oxygen atoms in total. The average Bonchev–Trinajstić information content (AvgIpc) is 2.33. The van der Waals surface area contributed by atoms with Gasteiger partial charge in [-0.2, -0.15) is 11.8 Å². The summed E-state index contributed by atoms with van der Waals surface area (Å²) in [6.45, 7) is 2.53. The zero-order valence-electron chi connectivity index (χ0n) is 9.95. The number of benzene rings is 1. The summed E-state index contributed by atoms with van der Waals surface area (Å²) in [6.07, 6.45) is 0. The van der Waals surface area contributed by atoms with Crippen molar-refractivity contribution < 1.29 is 13.6 Å². The summed E-state index contributed by atoms with van der Waals surface area (Å²) in [7, 11) is 0. The molecule has 1 aliphatic heterocycles. The number of anilines is 1. The van der Waals surface area contributed by atoms with Crippen LogP contribution in [-0.2, 0) is 0 Å². The number of halogens is 2. The summed E-state index contributed by atoms with van der Waals surface area (Å²) in [5.74, 6) is -0.730. The van der Waals surface area contributed by atoms with Gasteiger partial charge in [0.25, 0.3) is 5.91 Å². The van der Waals surface area contributed by atoms with Gasteiger partial charge in [0.15, 0.2) is 11.6 Å². The molecule has 0 bridgehead atoms. The zero-order chi connectivity index (χ0) is 13.3. The first kappa shape index (κ1) is 13.1. The Bertz CT molecular complexity index is 481. The second kappa shape index (κ2) is 5.14. The van der Waals surface area contributed by atoms with Crippen molar-refractivity contribution in [2.24, 2.45) is 0 Å². The molecule has 18 heavy (non-hydrogen) atoms. The van der Waals surface area contributed by atoms with Crippen molar-refractivity contribution in [2.45, 2.75) is 13.0 Å². The smallest absolute Gasteiger partial charge is 0.256 e. The van der Waals surface area contributed by atoms with E-state index in [1.54, 1.807) is 16.7 Å². The number of thioether (sulfide) groups is 1. The van der Waals surface area contributed by atoms with Crippen LogP contribution in [-0.4, -0.2) is 34.9 Å². The molecule has 6 heteroatoms. The Labute approximate surface area is 108 Å². The molecule has 1 saturated heterocycles. The topological polar surface area (TPSA) is 46.3 Å². The molecular weight excluding hydrogens is 258 g/mol. The third kappa shape index (κ3) is 2.43. The van der Waals surface area contributed by atoms with Crippen LogP contribution in [0.5, 0.6) is 0 Å². The monoisotopic (exact) mass is 272 g/mol. The van der Waals surface area contributed by atoms with Gasteiger partial charge in [0.1, 0.15) is 0 Å². The van der Waals surface area contributed by atoms with Crippen LogP contribution in [0, 0.1) is 11.6 Å². The highest BCUT2D eigenvalue weighted by Gasteiger charge is 2.26. The van der Waals surface area contributed by atoms with Crippen molar-refractivity contribution in [1.29, 1.82) is 0 Å². The fourth-order valence-electron chi connectivity index (χ4n) is 1.93. The molecule has 0 saturated carbocycles. The summed E-state index contributed by atoms with van der Waals surface area (Å²) in [5.41, 5.74) is 5.60. The minimum atomic E-state index is -1.05. The summed E-state index contributed by atoms with van der Waals surface area (Å²) in [4.78, 5) is 13.9. The van der Waals surface area contributed by atoms with Crippen molar-refractivity contribution in [1.82, 2.24) is 4.90 Å². The van der Waals surface area contributed by atoms with E-state index in [1.807, 2.05) is 6.92 Å². The predicted octanol–water partition coefficient (Wildman–Crippen LogP) is 2.12. The first-order valence-electron chi connectivity index (χ1n) is 5.64. The van der Waals surface area contributed by atoms with E-state index < -0.39 is 11.6 Å². The number of rotatable bonds is 1. The fourth-order valence-corrected chi connectivity index (χ4v) is 2.94. The fraction of sp³-hybridized carbons (Fsp3) is 0.417.